The second-order valence-corrected chi connectivity index (χ2v) is 5.73. The quantitative estimate of drug-likeness (QED) is 0.451. The number of hydrogen-bond donors (Lipinski definition) is 1. The minimum absolute atomic E-state index is 0.137. The normalized spacial score (nSPS) is 12.4. The molecule has 0 aliphatic carbocycles. The third kappa shape index (κ3) is 5.22. The first kappa shape index (κ1) is 19.4. The van der Waals surface area contributed by atoms with E-state index < -0.39 is 0 Å². The van der Waals surface area contributed by atoms with Crippen molar-refractivity contribution in [1.82, 2.24) is 5.32 Å². The molecular weight excluding hydrogens is 300 g/mol. The zero-order valence-electron chi connectivity index (χ0n) is 14.5. The van der Waals surface area contributed by atoms with Gasteiger partial charge in [-0.05, 0) is 22.6 Å². The van der Waals surface area contributed by atoms with Crippen molar-refractivity contribution < 1.29 is 9.53 Å². The Morgan fingerprint density at radius 3 is 2.46 bits per heavy atom. The molecule has 0 spiro atoms. The second kappa shape index (κ2) is 9.49. The van der Waals surface area contributed by atoms with Gasteiger partial charge in [-0.1, -0.05) is 63.4 Å². The number of nitrogens with one attached hydrogen (secondary N) is 1. The maximum absolute atomic E-state index is 11.8. The lowest BCUT2D eigenvalue weighted by atomic mass is 9.98. The molecule has 0 aliphatic heterocycles. The minimum Gasteiger partial charge on any atom is -0.468 e. The summed E-state index contributed by atoms with van der Waals surface area (Å²) in [4.78, 5) is 11.8. The van der Waals surface area contributed by atoms with Crippen LogP contribution in [0.15, 0.2) is 55.1 Å². The summed E-state index contributed by atoms with van der Waals surface area (Å²) < 4.78 is 4.82. The maximum atomic E-state index is 11.8. The van der Waals surface area contributed by atoms with Crippen molar-refractivity contribution in [2.45, 2.75) is 26.4 Å². The van der Waals surface area contributed by atoms with Crippen molar-refractivity contribution in [3.8, 4) is 6.07 Å². The van der Waals surface area contributed by atoms with Gasteiger partial charge in [-0.15, -0.1) is 0 Å². The van der Waals surface area contributed by atoms with E-state index in [1.807, 2.05) is 38.1 Å². The summed E-state index contributed by atoms with van der Waals surface area (Å²) in [5.41, 5.74) is 3.08. The van der Waals surface area contributed by atoms with Gasteiger partial charge in [0.05, 0.1) is 18.8 Å². The van der Waals surface area contributed by atoms with E-state index in [9.17, 15) is 4.79 Å². The Bertz CT molecular complexity index is 664. The number of carbonyl (C=O) groups is 1. The Morgan fingerprint density at radius 1 is 1.38 bits per heavy atom. The van der Waals surface area contributed by atoms with Gasteiger partial charge in [0, 0.05) is 6.54 Å². The molecule has 0 heterocycles. The van der Waals surface area contributed by atoms with E-state index in [-0.39, 0.29) is 17.9 Å². The molecule has 1 rings (SSSR count). The van der Waals surface area contributed by atoms with Crippen LogP contribution in [0.5, 0.6) is 0 Å². The molecule has 0 fully saturated rings. The number of nitrogens with zero attached hydrogens (tertiary/aromatic N) is 1. The van der Waals surface area contributed by atoms with Crippen molar-refractivity contribution in [1.29, 1.82) is 5.26 Å². The van der Waals surface area contributed by atoms with Crippen LogP contribution in [0.1, 0.15) is 25.0 Å². The summed E-state index contributed by atoms with van der Waals surface area (Å²) >= 11 is 0. The van der Waals surface area contributed by atoms with Gasteiger partial charge in [-0.3, -0.25) is 4.79 Å². The molecule has 0 aliphatic rings. The van der Waals surface area contributed by atoms with E-state index in [2.05, 4.69) is 24.5 Å². The molecule has 126 valence electrons. The van der Waals surface area contributed by atoms with Crippen molar-refractivity contribution >= 4 is 11.5 Å². The fourth-order valence-electron chi connectivity index (χ4n) is 2.30. The molecule has 0 radical (unpaired) electrons. The summed E-state index contributed by atoms with van der Waals surface area (Å²) in [7, 11) is 1.39. The number of carbonyl (C=O) groups excluding carboxylic acids is 1. The van der Waals surface area contributed by atoms with E-state index in [1.165, 1.54) is 7.11 Å². The summed E-state index contributed by atoms with van der Waals surface area (Å²) in [6, 6.07) is 9.49. The number of ether oxygens (including phenoxy) is 1. The maximum Gasteiger partial charge on any atom is 0.323 e. The zero-order valence-corrected chi connectivity index (χ0v) is 14.5. The molecule has 1 aromatic carbocycles. The van der Waals surface area contributed by atoms with Gasteiger partial charge in [-0.2, -0.15) is 5.26 Å². The van der Waals surface area contributed by atoms with E-state index in [0.717, 1.165) is 16.7 Å². The molecule has 1 atom stereocenters. The summed E-state index contributed by atoms with van der Waals surface area (Å²) in [5, 5.41) is 12.3. The van der Waals surface area contributed by atoms with Crippen molar-refractivity contribution in [3.05, 3.63) is 66.3 Å². The minimum atomic E-state index is -0.343. The Morgan fingerprint density at radius 2 is 2.00 bits per heavy atom. The van der Waals surface area contributed by atoms with Crippen LogP contribution in [-0.4, -0.2) is 19.1 Å². The van der Waals surface area contributed by atoms with Gasteiger partial charge in [0.25, 0.3) is 0 Å². The average Bonchev–Trinajstić information content (AvgIpc) is 2.59. The van der Waals surface area contributed by atoms with Gasteiger partial charge in [0.2, 0.25) is 0 Å². The molecule has 4 nitrogen and oxygen atoms in total. The van der Waals surface area contributed by atoms with Crippen molar-refractivity contribution in [2.24, 2.45) is 5.92 Å². The molecule has 4 heteroatoms. The average molecular weight is 324 g/mol. The van der Waals surface area contributed by atoms with E-state index in [1.54, 1.807) is 12.2 Å². The van der Waals surface area contributed by atoms with Crippen LogP contribution < -0.4 is 5.32 Å². The third-order valence-corrected chi connectivity index (χ3v) is 3.66. The Hall–Kier alpha value is -2.64. The highest BCUT2D eigenvalue weighted by atomic mass is 16.5. The van der Waals surface area contributed by atoms with Gasteiger partial charge in [-0.25, -0.2) is 0 Å². The predicted molar refractivity (Wildman–Crippen MR) is 96.9 cm³/mol. The van der Waals surface area contributed by atoms with Gasteiger partial charge >= 0.3 is 5.97 Å². The zero-order chi connectivity index (χ0) is 18.1. The lowest BCUT2D eigenvalue weighted by Crippen LogP contribution is -2.41. The molecular formula is C20H24N2O2. The molecule has 0 bridgehead atoms. The van der Waals surface area contributed by atoms with Crippen LogP contribution in [0.25, 0.3) is 5.57 Å². The number of hydrogen-bond acceptors (Lipinski definition) is 4. The smallest absolute Gasteiger partial charge is 0.323 e. The van der Waals surface area contributed by atoms with Crippen LogP contribution in [0.3, 0.4) is 0 Å². The molecule has 1 N–H and O–H groups in total. The number of allylic oxidation sites excluding steroid dienone is 4. The number of nitriles is 1. The summed E-state index contributed by atoms with van der Waals surface area (Å²) in [6.07, 6.45) is 3.40. The second-order valence-electron chi connectivity index (χ2n) is 5.73. The lowest BCUT2D eigenvalue weighted by molar-refractivity contribution is -0.144. The Labute approximate surface area is 144 Å². The number of benzene rings is 1. The van der Waals surface area contributed by atoms with Crippen molar-refractivity contribution in [3.63, 3.8) is 0 Å². The van der Waals surface area contributed by atoms with Crippen LogP contribution in [0.2, 0.25) is 0 Å². The number of methoxy groups -OCH3 is 1. The number of rotatable bonds is 8. The Balaban J connectivity index is 2.86. The first-order valence-electron chi connectivity index (χ1n) is 7.77. The molecule has 1 aromatic rings. The standard InChI is InChI=1S/C20H24N2O2/c1-6-7-18(15(4)12-21)17-10-8-16(9-11-17)13-22-19(14(2)3)20(23)24-5/h6-11,14,19,22H,1,4,13H2,2-3,5H3/b18-7+. The largest absolute Gasteiger partial charge is 0.468 e. The first-order valence-corrected chi connectivity index (χ1v) is 7.77. The highest BCUT2D eigenvalue weighted by Crippen LogP contribution is 2.22. The topological polar surface area (TPSA) is 62.1 Å². The lowest BCUT2D eigenvalue weighted by Gasteiger charge is -2.20. The van der Waals surface area contributed by atoms with Crippen molar-refractivity contribution in [2.75, 3.05) is 7.11 Å². The molecule has 0 aromatic heterocycles. The highest BCUT2D eigenvalue weighted by molar-refractivity contribution is 5.83. The van der Waals surface area contributed by atoms with Crippen LogP contribution in [0, 0.1) is 17.2 Å². The molecule has 0 saturated carbocycles. The first-order chi connectivity index (χ1) is 11.4. The molecule has 1 unspecified atom stereocenters. The molecule has 0 amide bonds. The SMILES string of the molecule is C=C/C=C(\C(=C)C#N)c1ccc(CNC(C(=O)OC)C(C)C)cc1. The molecule has 24 heavy (non-hydrogen) atoms. The highest BCUT2D eigenvalue weighted by Gasteiger charge is 2.22. The fraction of sp³-hybridized carbons (Fsp3) is 0.300. The van der Waals surface area contributed by atoms with E-state index >= 15 is 0 Å². The van der Waals surface area contributed by atoms with Crippen LogP contribution >= 0.6 is 0 Å². The monoisotopic (exact) mass is 324 g/mol. The number of esters is 1. The van der Waals surface area contributed by atoms with Crippen LogP contribution in [0.4, 0.5) is 0 Å². The fourth-order valence-corrected chi connectivity index (χ4v) is 2.30. The van der Waals surface area contributed by atoms with E-state index in [0.29, 0.717) is 12.1 Å². The summed E-state index contributed by atoms with van der Waals surface area (Å²) in [5.74, 6) is -0.124. The summed E-state index contributed by atoms with van der Waals surface area (Å²) in [6.45, 7) is 11.9. The predicted octanol–water partition coefficient (Wildman–Crippen LogP) is 3.62. The van der Waals surface area contributed by atoms with Gasteiger partial charge in [0.1, 0.15) is 6.04 Å². The van der Waals surface area contributed by atoms with E-state index in [4.69, 9.17) is 10.00 Å². The van der Waals surface area contributed by atoms with Gasteiger partial charge in [0.15, 0.2) is 0 Å². The van der Waals surface area contributed by atoms with Gasteiger partial charge < -0.3 is 10.1 Å². The third-order valence-electron chi connectivity index (χ3n) is 3.66. The van der Waals surface area contributed by atoms with Crippen LogP contribution in [-0.2, 0) is 16.1 Å². The molecule has 0 saturated heterocycles. The Kier molecular flexibility index (Phi) is 7.67.